The summed E-state index contributed by atoms with van der Waals surface area (Å²) in [5.41, 5.74) is -0.0869. The number of carboxylic acids is 1. The number of allylic oxidation sites excluding steroid dienone is 1. The molecule has 1 heterocycles. The van der Waals surface area contributed by atoms with Crippen molar-refractivity contribution in [3.63, 3.8) is 0 Å². The molecular formula is C24H43N3O4. The zero-order chi connectivity index (χ0) is 23.8. The number of carbonyl (C=O) groups is 3. The minimum absolute atomic E-state index is 0.0665. The largest absolute Gasteiger partial charge is 0.478 e. The minimum atomic E-state index is -0.895. The number of piperidine rings is 1. The molecule has 0 spiro atoms. The molecule has 0 aromatic heterocycles. The molecule has 0 aromatic rings. The standard InChI is InChI=1S/C24H43N3O4/c1-16(2)27-15-9-8-10-19(27)21(28)26-20(22(29)25-7)24(5,6)14-13-17(3)11-12-18(4)23(30)31/h12,16-17,19-20H,8-11,13-15H2,1-7H3,(H,25,29)(H,26,28)(H,30,31)/b18-12+/t17?,19-,20-/m0/s1. The fourth-order valence-electron chi connectivity index (χ4n) is 4.20. The van der Waals surface area contributed by atoms with Crippen LogP contribution in [0.1, 0.15) is 80.1 Å². The lowest BCUT2D eigenvalue weighted by atomic mass is 9.77. The molecule has 1 aliphatic heterocycles. The Balaban J connectivity index is 2.84. The van der Waals surface area contributed by atoms with E-state index in [1.54, 1.807) is 20.0 Å². The van der Waals surface area contributed by atoms with Crippen LogP contribution in [0.2, 0.25) is 0 Å². The van der Waals surface area contributed by atoms with E-state index in [4.69, 9.17) is 5.11 Å². The predicted octanol–water partition coefficient (Wildman–Crippen LogP) is 3.34. The molecule has 178 valence electrons. The van der Waals surface area contributed by atoms with Crippen LogP contribution < -0.4 is 10.6 Å². The second kappa shape index (κ2) is 12.2. The highest BCUT2D eigenvalue weighted by Gasteiger charge is 2.39. The van der Waals surface area contributed by atoms with Crippen molar-refractivity contribution in [3.8, 4) is 0 Å². The first-order valence-electron chi connectivity index (χ1n) is 11.6. The van der Waals surface area contributed by atoms with E-state index < -0.39 is 17.4 Å². The normalized spacial score (nSPS) is 20.3. The van der Waals surface area contributed by atoms with Gasteiger partial charge in [-0.2, -0.15) is 0 Å². The zero-order valence-electron chi connectivity index (χ0n) is 20.5. The molecule has 1 aliphatic rings. The number of amides is 2. The molecule has 0 aromatic carbocycles. The minimum Gasteiger partial charge on any atom is -0.478 e. The van der Waals surface area contributed by atoms with Crippen LogP contribution in [-0.4, -0.2) is 59.5 Å². The smallest absolute Gasteiger partial charge is 0.330 e. The Bertz CT molecular complexity index is 657. The number of carboxylic acid groups (broad SMARTS) is 1. The third-order valence-electron chi connectivity index (χ3n) is 6.53. The van der Waals surface area contributed by atoms with Crippen molar-refractivity contribution in [3.05, 3.63) is 11.6 Å². The van der Waals surface area contributed by atoms with Crippen molar-refractivity contribution in [1.82, 2.24) is 15.5 Å². The van der Waals surface area contributed by atoms with Gasteiger partial charge in [-0.25, -0.2) is 4.79 Å². The maximum atomic E-state index is 13.2. The van der Waals surface area contributed by atoms with Crippen LogP contribution in [0.5, 0.6) is 0 Å². The predicted molar refractivity (Wildman–Crippen MR) is 124 cm³/mol. The second-order valence-electron chi connectivity index (χ2n) is 9.96. The summed E-state index contributed by atoms with van der Waals surface area (Å²) in [5, 5.41) is 14.8. The fraction of sp³-hybridized carbons (Fsp3) is 0.792. The van der Waals surface area contributed by atoms with E-state index >= 15 is 0 Å². The number of nitrogens with zero attached hydrogens (tertiary/aromatic N) is 1. The third-order valence-corrected chi connectivity index (χ3v) is 6.53. The van der Waals surface area contributed by atoms with Gasteiger partial charge in [0.05, 0.1) is 6.04 Å². The van der Waals surface area contributed by atoms with E-state index in [0.717, 1.165) is 38.6 Å². The lowest BCUT2D eigenvalue weighted by molar-refractivity contribution is -0.135. The molecule has 31 heavy (non-hydrogen) atoms. The Morgan fingerprint density at radius 2 is 1.84 bits per heavy atom. The summed E-state index contributed by atoms with van der Waals surface area (Å²) in [6.45, 7) is 12.8. The monoisotopic (exact) mass is 437 g/mol. The van der Waals surface area contributed by atoms with Crippen molar-refractivity contribution in [2.45, 2.75) is 98.2 Å². The summed E-state index contributed by atoms with van der Waals surface area (Å²) < 4.78 is 0. The van der Waals surface area contributed by atoms with Crippen molar-refractivity contribution in [2.24, 2.45) is 11.3 Å². The van der Waals surface area contributed by atoms with Gasteiger partial charge in [0.15, 0.2) is 0 Å². The van der Waals surface area contributed by atoms with Gasteiger partial charge < -0.3 is 15.7 Å². The first-order valence-corrected chi connectivity index (χ1v) is 11.6. The molecule has 3 atom stereocenters. The molecular weight excluding hydrogens is 394 g/mol. The van der Waals surface area contributed by atoms with E-state index in [-0.39, 0.29) is 29.8 Å². The fourth-order valence-corrected chi connectivity index (χ4v) is 4.20. The first-order chi connectivity index (χ1) is 14.4. The molecule has 2 amide bonds. The van der Waals surface area contributed by atoms with Gasteiger partial charge >= 0.3 is 5.97 Å². The summed E-state index contributed by atoms with van der Waals surface area (Å²) in [6, 6.07) is -0.533. The number of carbonyl (C=O) groups excluding carboxylic acids is 2. The van der Waals surface area contributed by atoms with Crippen LogP contribution in [0.15, 0.2) is 11.6 Å². The van der Waals surface area contributed by atoms with Crippen molar-refractivity contribution in [1.29, 1.82) is 0 Å². The van der Waals surface area contributed by atoms with E-state index in [1.165, 1.54) is 0 Å². The van der Waals surface area contributed by atoms with Crippen molar-refractivity contribution >= 4 is 17.8 Å². The highest BCUT2D eigenvalue weighted by Crippen LogP contribution is 2.31. The highest BCUT2D eigenvalue weighted by molar-refractivity contribution is 5.90. The van der Waals surface area contributed by atoms with Crippen LogP contribution >= 0.6 is 0 Å². The quantitative estimate of drug-likeness (QED) is 0.431. The average Bonchev–Trinajstić information content (AvgIpc) is 2.73. The molecule has 0 bridgehead atoms. The van der Waals surface area contributed by atoms with E-state index in [2.05, 4.69) is 36.3 Å². The van der Waals surface area contributed by atoms with Gasteiger partial charge in [0.1, 0.15) is 6.04 Å². The molecule has 0 radical (unpaired) electrons. The van der Waals surface area contributed by atoms with Gasteiger partial charge in [0.25, 0.3) is 0 Å². The molecule has 0 aliphatic carbocycles. The van der Waals surface area contributed by atoms with E-state index in [0.29, 0.717) is 12.0 Å². The Morgan fingerprint density at radius 3 is 2.39 bits per heavy atom. The molecule has 0 saturated carbocycles. The Morgan fingerprint density at radius 1 is 1.19 bits per heavy atom. The third kappa shape index (κ3) is 8.28. The van der Waals surface area contributed by atoms with Crippen LogP contribution in [0.4, 0.5) is 0 Å². The van der Waals surface area contributed by atoms with Crippen LogP contribution in [0.25, 0.3) is 0 Å². The lowest BCUT2D eigenvalue weighted by Gasteiger charge is -2.40. The summed E-state index contributed by atoms with van der Waals surface area (Å²) >= 11 is 0. The Hall–Kier alpha value is -1.89. The summed E-state index contributed by atoms with van der Waals surface area (Å²) in [7, 11) is 1.60. The van der Waals surface area contributed by atoms with Crippen LogP contribution in [-0.2, 0) is 14.4 Å². The van der Waals surface area contributed by atoms with Crippen LogP contribution in [0.3, 0.4) is 0 Å². The lowest BCUT2D eigenvalue weighted by Crippen LogP contribution is -2.59. The maximum Gasteiger partial charge on any atom is 0.330 e. The first kappa shape index (κ1) is 27.1. The number of nitrogens with one attached hydrogen (secondary N) is 2. The topological polar surface area (TPSA) is 98.7 Å². The number of likely N-dealkylation sites (tertiary alicyclic amines) is 1. The van der Waals surface area contributed by atoms with Gasteiger partial charge in [0.2, 0.25) is 11.8 Å². The van der Waals surface area contributed by atoms with Gasteiger partial charge in [-0.15, -0.1) is 0 Å². The van der Waals surface area contributed by atoms with Gasteiger partial charge in [-0.1, -0.05) is 33.3 Å². The number of aliphatic carboxylic acids is 1. The van der Waals surface area contributed by atoms with Gasteiger partial charge in [-0.3, -0.25) is 14.5 Å². The number of hydrogen-bond donors (Lipinski definition) is 3. The molecule has 1 unspecified atom stereocenters. The molecule has 1 fully saturated rings. The number of rotatable bonds is 11. The zero-order valence-corrected chi connectivity index (χ0v) is 20.5. The molecule has 7 nitrogen and oxygen atoms in total. The van der Waals surface area contributed by atoms with Crippen molar-refractivity contribution in [2.75, 3.05) is 13.6 Å². The van der Waals surface area contributed by atoms with Gasteiger partial charge in [-0.05, 0) is 70.8 Å². The Labute approximate surface area is 188 Å². The number of hydrogen-bond acceptors (Lipinski definition) is 4. The maximum absolute atomic E-state index is 13.2. The molecule has 7 heteroatoms. The molecule has 3 N–H and O–H groups in total. The van der Waals surface area contributed by atoms with E-state index in [1.807, 2.05) is 13.8 Å². The van der Waals surface area contributed by atoms with Crippen molar-refractivity contribution < 1.29 is 19.5 Å². The van der Waals surface area contributed by atoms with Crippen LogP contribution in [0, 0.1) is 11.3 Å². The Kier molecular flexibility index (Phi) is 10.7. The highest BCUT2D eigenvalue weighted by atomic mass is 16.4. The average molecular weight is 438 g/mol. The second-order valence-corrected chi connectivity index (χ2v) is 9.96. The molecule has 1 saturated heterocycles. The molecule has 1 rings (SSSR count). The van der Waals surface area contributed by atoms with Gasteiger partial charge in [0, 0.05) is 18.7 Å². The summed E-state index contributed by atoms with van der Waals surface area (Å²) in [6.07, 6.45) is 6.94. The summed E-state index contributed by atoms with van der Waals surface area (Å²) in [4.78, 5) is 39.1. The number of likely N-dealkylation sites (N-methyl/N-ethyl adjacent to an activating group) is 1. The summed E-state index contributed by atoms with van der Waals surface area (Å²) in [5.74, 6) is -0.861. The SMILES string of the molecule is CNC(=O)[C@H](NC(=O)[C@@H]1CCCCN1C(C)C)C(C)(C)CCC(C)C/C=C(\C)C(=O)O. The van der Waals surface area contributed by atoms with E-state index in [9.17, 15) is 14.4 Å².